The van der Waals surface area contributed by atoms with E-state index in [4.69, 9.17) is 23.2 Å². The molecule has 0 amide bonds. The number of carboxylic acids is 2. The third-order valence-electron chi connectivity index (χ3n) is 4.15. The molecule has 0 spiro atoms. The molecule has 0 saturated heterocycles. The fraction of sp³-hybridized carbons (Fsp3) is 0. The Hall–Kier alpha value is -2.16. The molecule has 140 valence electrons. The Balaban J connectivity index is 0.000000200. The van der Waals surface area contributed by atoms with E-state index < -0.39 is 11.9 Å². The molecule has 4 aromatic carbocycles. The van der Waals surface area contributed by atoms with Crippen molar-refractivity contribution in [3.8, 4) is 0 Å². The maximum Gasteiger partial charge on any atom is 2.00 e. The van der Waals surface area contributed by atoms with Gasteiger partial charge in [0, 0.05) is 31.9 Å². The van der Waals surface area contributed by atoms with Crippen molar-refractivity contribution in [1.82, 2.24) is 0 Å². The van der Waals surface area contributed by atoms with Gasteiger partial charge in [-0.2, -0.15) is 0 Å². The molecule has 0 bridgehead atoms. The van der Waals surface area contributed by atoms with Gasteiger partial charge in [0.05, 0.1) is 11.9 Å². The Labute approximate surface area is 196 Å². The average molecular weight is 524 g/mol. The summed E-state index contributed by atoms with van der Waals surface area (Å²) < 4.78 is 0. The Morgan fingerprint density at radius 3 is 1.21 bits per heavy atom. The van der Waals surface area contributed by atoms with Crippen molar-refractivity contribution >= 4 is 56.7 Å². The number of hydrogen-bond donors (Lipinski definition) is 0. The number of aromatic carboxylic acids is 2. The molecular weight excluding hydrogens is 512 g/mol. The van der Waals surface area contributed by atoms with Gasteiger partial charge in [-0.25, -0.2) is 0 Å². The minimum Gasteiger partial charge on any atom is -0.545 e. The van der Waals surface area contributed by atoms with Crippen LogP contribution >= 0.6 is 23.2 Å². The van der Waals surface area contributed by atoms with Gasteiger partial charge in [-0.05, 0) is 22.9 Å². The predicted molar refractivity (Wildman–Crippen MR) is 107 cm³/mol. The van der Waals surface area contributed by atoms with E-state index in [0.29, 0.717) is 20.8 Å². The molecule has 0 heterocycles. The maximum atomic E-state index is 10.8. The molecule has 0 atom stereocenters. The second kappa shape index (κ2) is 10.0. The first-order valence-corrected chi connectivity index (χ1v) is 8.93. The number of fused-ring (bicyclic) bond motifs is 2. The number of halogens is 2. The van der Waals surface area contributed by atoms with Crippen LogP contribution in [0.15, 0.2) is 72.8 Å². The first-order chi connectivity index (χ1) is 13.4. The molecule has 0 fully saturated rings. The smallest absolute Gasteiger partial charge is 0.545 e. The zero-order valence-electron chi connectivity index (χ0n) is 15.0. The number of rotatable bonds is 2. The van der Waals surface area contributed by atoms with Crippen LogP contribution in [0, 0.1) is 0 Å². The Bertz CT molecular complexity index is 1100. The van der Waals surface area contributed by atoms with Gasteiger partial charge in [0.15, 0.2) is 0 Å². The molecule has 0 N–H and O–H groups in total. The van der Waals surface area contributed by atoms with Crippen molar-refractivity contribution < 1.29 is 47.1 Å². The van der Waals surface area contributed by atoms with Crippen LogP contribution in [0.4, 0.5) is 0 Å². The monoisotopic (exact) mass is 524 g/mol. The Kier molecular flexibility index (Phi) is 8.01. The molecule has 29 heavy (non-hydrogen) atoms. The van der Waals surface area contributed by atoms with Crippen LogP contribution in [0.3, 0.4) is 0 Å². The summed E-state index contributed by atoms with van der Waals surface area (Å²) in [5.74, 6) is -2.41. The maximum absolute atomic E-state index is 10.8. The van der Waals surface area contributed by atoms with Gasteiger partial charge in [-0.3, -0.25) is 0 Å². The third-order valence-corrected chi connectivity index (χ3v) is 4.78. The predicted octanol–water partition coefficient (Wildman–Crippen LogP) is 3.71. The largest absolute Gasteiger partial charge is 2.00 e. The van der Waals surface area contributed by atoms with Crippen LogP contribution in [0.5, 0.6) is 0 Å². The minimum atomic E-state index is -1.20. The number of carbonyl (C=O) groups excluding carboxylic acids is 2. The number of carbonyl (C=O) groups is 2. The van der Waals surface area contributed by atoms with E-state index in [2.05, 4.69) is 0 Å². The molecule has 0 aliphatic heterocycles. The summed E-state index contributed by atoms with van der Waals surface area (Å²) in [6.45, 7) is 0. The first kappa shape index (κ1) is 23.1. The van der Waals surface area contributed by atoms with Crippen LogP contribution in [0.1, 0.15) is 20.7 Å². The van der Waals surface area contributed by atoms with E-state index in [0.717, 1.165) is 10.8 Å². The molecule has 0 aliphatic carbocycles. The molecule has 4 rings (SSSR count). The summed E-state index contributed by atoms with van der Waals surface area (Å²) in [5, 5.41) is 25.1. The normalized spacial score (nSPS) is 10.0. The molecule has 0 unspecified atom stereocenters. The van der Waals surface area contributed by atoms with Gasteiger partial charge < -0.3 is 19.8 Å². The second-order valence-electron chi connectivity index (χ2n) is 5.86. The van der Waals surface area contributed by atoms with Crippen LogP contribution in [-0.2, 0) is 27.3 Å². The van der Waals surface area contributed by atoms with E-state index in [1.165, 1.54) is 12.1 Å². The molecule has 4 nitrogen and oxygen atoms in total. The van der Waals surface area contributed by atoms with Crippen LogP contribution < -0.4 is 10.2 Å². The van der Waals surface area contributed by atoms with Crippen molar-refractivity contribution in [3.05, 3.63) is 94.0 Å². The van der Waals surface area contributed by atoms with E-state index >= 15 is 0 Å². The summed E-state index contributed by atoms with van der Waals surface area (Å²) >= 11 is 11.8. The van der Waals surface area contributed by atoms with Crippen molar-refractivity contribution in [3.63, 3.8) is 0 Å². The fourth-order valence-electron chi connectivity index (χ4n) is 2.93. The standard InChI is InChI=1S/2C11H7ClO2.Cd/c2*12-9-6-2-4-7-3-1-5-8(10(7)9)11(13)14;/h2*1-6H,(H,13,14);/q;;+2/p-2. The summed E-state index contributed by atoms with van der Waals surface area (Å²) in [6, 6.07) is 20.5. The summed E-state index contributed by atoms with van der Waals surface area (Å²) in [4.78, 5) is 21.6. The topological polar surface area (TPSA) is 80.3 Å². The molecule has 4 aromatic rings. The molecule has 0 radical (unpaired) electrons. The van der Waals surface area contributed by atoms with E-state index in [9.17, 15) is 19.8 Å². The van der Waals surface area contributed by atoms with Crippen LogP contribution in [0.25, 0.3) is 21.5 Å². The molecule has 0 aliphatic rings. The van der Waals surface area contributed by atoms with E-state index in [1.54, 1.807) is 36.4 Å². The van der Waals surface area contributed by atoms with Crippen molar-refractivity contribution in [2.24, 2.45) is 0 Å². The molecule has 7 heteroatoms. The third kappa shape index (κ3) is 5.07. The van der Waals surface area contributed by atoms with Crippen LogP contribution in [-0.4, -0.2) is 11.9 Å². The SMILES string of the molecule is O=C([O-])c1cccc2cccc(Cl)c12.O=C([O-])c1cccc2cccc(Cl)c12.[Cd+2]. The number of carboxylic acid groups (broad SMARTS) is 2. The van der Waals surface area contributed by atoms with Gasteiger partial charge in [0.1, 0.15) is 0 Å². The van der Waals surface area contributed by atoms with Crippen molar-refractivity contribution in [2.75, 3.05) is 0 Å². The van der Waals surface area contributed by atoms with Gasteiger partial charge in [0.25, 0.3) is 0 Å². The second-order valence-corrected chi connectivity index (χ2v) is 6.68. The quantitative estimate of drug-likeness (QED) is 0.375. The Morgan fingerprint density at radius 2 is 0.897 bits per heavy atom. The average Bonchev–Trinajstić information content (AvgIpc) is 2.68. The first-order valence-electron chi connectivity index (χ1n) is 8.17. The molecule has 0 saturated carbocycles. The number of hydrogen-bond acceptors (Lipinski definition) is 4. The van der Waals surface area contributed by atoms with E-state index in [1.807, 2.05) is 24.3 Å². The van der Waals surface area contributed by atoms with Gasteiger partial charge >= 0.3 is 27.3 Å². The summed E-state index contributed by atoms with van der Waals surface area (Å²) in [5.41, 5.74) is 0.265. The molecular formula is C22H12CdCl2O4. The minimum absolute atomic E-state index is 0. The van der Waals surface area contributed by atoms with Gasteiger partial charge in [-0.15, -0.1) is 0 Å². The van der Waals surface area contributed by atoms with Crippen molar-refractivity contribution in [1.29, 1.82) is 0 Å². The molecule has 0 aromatic heterocycles. The zero-order chi connectivity index (χ0) is 20.3. The summed E-state index contributed by atoms with van der Waals surface area (Å²) in [7, 11) is 0. The fourth-order valence-corrected chi connectivity index (χ4v) is 3.50. The van der Waals surface area contributed by atoms with E-state index in [-0.39, 0.29) is 38.4 Å². The van der Waals surface area contributed by atoms with Gasteiger partial charge in [0.2, 0.25) is 0 Å². The van der Waals surface area contributed by atoms with Crippen LogP contribution in [0.2, 0.25) is 10.0 Å². The van der Waals surface area contributed by atoms with Gasteiger partial charge in [-0.1, -0.05) is 83.9 Å². The summed E-state index contributed by atoms with van der Waals surface area (Å²) in [6.07, 6.45) is 0. The number of benzene rings is 4. The Morgan fingerprint density at radius 1 is 0.586 bits per heavy atom. The van der Waals surface area contributed by atoms with Crippen molar-refractivity contribution in [2.45, 2.75) is 0 Å². The zero-order valence-corrected chi connectivity index (χ0v) is 20.6.